The van der Waals surface area contributed by atoms with E-state index in [1.54, 1.807) is 12.4 Å². The van der Waals surface area contributed by atoms with Gasteiger partial charge in [0, 0.05) is 23.9 Å². The van der Waals surface area contributed by atoms with Gasteiger partial charge < -0.3 is 0 Å². The Kier molecular flexibility index (Phi) is 3.92. The van der Waals surface area contributed by atoms with Crippen LogP contribution in [-0.4, -0.2) is 4.98 Å². The summed E-state index contributed by atoms with van der Waals surface area (Å²) in [4.78, 5) is 3.91. The second-order valence-electron chi connectivity index (χ2n) is 4.11. The molecule has 0 spiro atoms. The van der Waals surface area contributed by atoms with Gasteiger partial charge in [-0.3, -0.25) is 4.98 Å². The SMILES string of the molecule is CC(c1ccncc1)C(Cl)c1cccc(F)c1F. The molecule has 1 nitrogen and oxygen atoms in total. The van der Waals surface area contributed by atoms with Crippen molar-refractivity contribution in [2.75, 3.05) is 0 Å². The number of pyridine rings is 1. The molecule has 0 aliphatic heterocycles. The zero-order valence-electron chi connectivity index (χ0n) is 9.78. The van der Waals surface area contributed by atoms with E-state index in [2.05, 4.69) is 4.98 Å². The summed E-state index contributed by atoms with van der Waals surface area (Å²) in [5, 5.41) is -0.622. The molecule has 0 fully saturated rings. The van der Waals surface area contributed by atoms with Crippen LogP contribution in [0.25, 0.3) is 0 Å². The zero-order chi connectivity index (χ0) is 13.1. The van der Waals surface area contributed by atoms with Crippen molar-refractivity contribution in [2.45, 2.75) is 18.2 Å². The molecule has 0 amide bonds. The summed E-state index contributed by atoms with van der Waals surface area (Å²) < 4.78 is 26.8. The highest BCUT2D eigenvalue weighted by Crippen LogP contribution is 2.37. The van der Waals surface area contributed by atoms with Gasteiger partial charge in [-0.1, -0.05) is 19.1 Å². The second kappa shape index (κ2) is 5.44. The minimum absolute atomic E-state index is 0.133. The molecule has 0 aliphatic carbocycles. The van der Waals surface area contributed by atoms with Crippen LogP contribution in [0.2, 0.25) is 0 Å². The van der Waals surface area contributed by atoms with E-state index in [0.717, 1.165) is 11.6 Å². The van der Waals surface area contributed by atoms with E-state index in [1.807, 2.05) is 19.1 Å². The fourth-order valence-electron chi connectivity index (χ4n) is 1.84. The van der Waals surface area contributed by atoms with Gasteiger partial charge in [-0.25, -0.2) is 8.78 Å². The molecule has 0 saturated carbocycles. The summed E-state index contributed by atoms with van der Waals surface area (Å²) in [6, 6.07) is 7.68. The molecule has 0 aliphatic rings. The zero-order valence-corrected chi connectivity index (χ0v) is 10.5. The van der Waals surface area contributed by atoms with Crippen molar-refractivity contribution >= 4 is 11.6 Å². The van der Waals surface area contributed by atoms with Crippen molar-refractivity contribution in [1.29, 1.82) is 0 Å². The first-order chi connectivity index (χ1) is 8.61. The van der Waals surface area contributed by atoms with Crippen molar-refractivity contribution in [3.05, 3.63) is 65.5 Å². The van der Waals surface area contributed by atoms with Crippen LogP contribution in [0.1, 0.15) is 29.3 Å². The van der Waals surface area contributed by atoms with E-state index in [9.17, 15) is 8.78 Å². The summed E-state index contributed by atoms with van der Waals surface area (Å²) in [7, 11) is 0. The van der Waals surface area contributed by atoms with Gasteiger partial charge in [0.15, 0.2) is 11.6 Å². The fraction of sp³-hybridized carbons (Fsp3) is 0.214. The number of hydrogen-bond acceptors (Lipinski definition) is 1. The monoisotopic (exact) mass is 267 g/mol. The van der Waals surface area contributed by atoms with Crippen LogP contribution in [-0.2, 0) is 0 Å². The van der Waals surface area contributed by atoms with E-state index >= 15 is 0 Å². The van der Waals surface area contributed by atoms with E-state index < -0.39 is 17.0 Å². The smallest absolute Gasteiger partial charge is 0.163 e. The van der Waals surface area contributed by atoms with Gasteiger partial charge in [-0.15, -0.1) is 11.6 Å². The number of halogens is 3. The molecule has 2 aromatic rings. The predicted molar refractivity (Wildman–Crippen MR) is 67.6 cm³/mol. The highest BCUT2D eigenvalue weighted by molar-refractivity contribution is 6.21. The maximum atomic E-state index is 13.7. The molecule has 2 atom stereocenters. The first-order valence-corrected chi connectivity index (χ1v) is 6.03. The number of hydrogen-bond donors (Lipinski definition) is 0. The molecule has 1 aromatic carbocycles. The van der Waals surface area contributed by atoms with Crippen LogP contribution in [0.15, 0.2) is 42.7 Å². The summed E-state index contributed by atoms with van der Waals surface area (Å²) in [5.74, 6) is -1.88. The van der Waals surface area contributed by atoms with Crippen LogP contribution in [0.3, 0.4) is 0 Å². The normalized spacial score (nSPS) is 14.2. The Morgan fingerprint density at radius 3 is 2.44 bits per heavy atom. The average molecular weight is 268 g/mol. The van der Waals surface area contributed by atoms with Crippen molar-refractivity contribution < 1.29 is 8.78 Å². The van der Waals surface area contributed by atoms with Crippen LogP contribution < -0.4 is 0 Å². The van der Waals surface area contributed by atoms with Crippen LogP contribution >= 0.6 is 11.6 Å². The minimum Gasteiger partial charge on any atom is -0.265 e. The quantitative estimate of drug-likeness (QED) is 0.749. The molecular formula is C14H12ClF2N. The lowest BCUT2D eigenvalue weighted by molar-refractivity contribution is 0.493. The minimum atomic E-state index is -0.876. The van der Waals surface area contributed by atoms with Crippen molar-refractivity contribution in [3.8, 4) is 0 Å². The van der Waals surface area contributed by atoms with E-state index in [0.29, 0.717) is 0 Å². The van der Waals surface area contributed by atoms with E-state index in [1.165, 1.54) is 12.1 Å². The number of benzene rings is 1. The Labute approximate surface area is 109 Å². The van der Waals surface area contributed by atoms with E-state index in [4.69, 9.17) is 11.6 Å². The van der Waals surface area contributed by atoms with Gasteiger partial charge in [-0.2, -0.15) is 0 Å². The van der Waals surface area contributed by atoms with Gasteiger partial charge in [0.05, 0.1) is 5.38 Å². The summed E-state index contributed by atoms with van der Waals surface area (Å²) in [6.07, 6.45) is 3.30. The highest BCUT2D eigenvalue weighted by Gasteiger charge is 2.22. The average Bonchev–Trinajstić information content (AvgIpc) is 2.41. The summed E-state index contributed by atoms with van der Waals surface area (Å²) >= 11 is 6.24. The van der Waals surface area contributed by atoms with Gasteiger partial charge in [0.1, 0.15) is 0 Å². The molecule has 4 heteroatoms. The third-order valence-corrected chi connectivity index (χ3v) is 3.56. The molecule has 0 bridgehead atoms. The van der Waals surface area contributed by atoms with Crippen molar-refractivity contribution in [2.24, 2.45) is 0 Å². The van der Waals surface area contributed by atoms with Crippen molar-refractivity contribution in [3.63, 3.8) is 0 Å². The molecule has 0 N–H and O–H groups in total. The van der Waals surface area contributed by atoms with Crippen LogP contribution in [0, 0.1) is 11.6 Å². The molecular weight excluding hydrogens is 256 g/mol. The maximum absolute atomic E-state index is 13.7. The molecule has 2 unspecified atom stereocenters. The molecule has 94 valence electrons. The summed E-state index contributed by atoms with van der Waals surface area (Å²) in [5.41, 5.74) is 1.12. The lowest BCUT2D eigenvalue weighted by Gasteiger charge is -2.19. The Morgan fingerprint density at radius 1 is 1.11 bits per heavy atom. The molecule has 1 aromatic heterocycles. The first-order valence-electron chi connectivity index (χ1n) is 5.59. The largest absolute Gasteiger partial charge is 0.265 e. The third-order valence-electron chi connectivity index (χ3n) is 2.95. The fourth-order valence-corrected chi connectivity index (χ4v) is 2.15. The van der Waals surface area contributed by atoms with Crippen molar-refractivity contribution in [1.82, 2.24) is 4.98 Å². The molecule has 0 radical (unpaired) electrons. The Balaban J connectivity index is 2.31. The standard InChI is InChI=1S/C14H12ClF2N/c1-9(10-5-7-18-8-6-10)13(15)11-3-2-4-12(16)14(11)17/h2-9,13H,1H3. The lowest BCUT2D eigenvalue weighted by atomic mass is 9.93. The first kappa shape index (κ1) is 13.0. The molecule has 18 heavy (non-hydrogen) atoms. The van der Waals surface area contributed by atoms with Gasteiger partial charge in [0.25, 0.3) is 0 Å². The molecule has 2 rings (SSSR count). The van der Waals surface area contributed by atoms with Gasteiger partial charge in [0.2, 0.25) is 0 Å². The maximum Gasteiger partial charge on any atom is 0.163 e. The number of nitrogens with zero attached hydrogens (tertiary/aromatic N) is 1. The van der Waals surface area contributed by atoms with Gasteiger partial charge >= 0.3 is 0 Å². The molecule has 0 saturated heterocycles. The molecule has 1 heterocycles. The predicted octanol–water partition coefficient (Wildman–Crippen LogP) is 4.44. The topological polar surface area (TPSA) is 12.9 Å². The Bertz CT molecular complexity index is 531. The highest BCUT2D eigenvalue weighted by atomic mass is 35.5. The Hall–Kier alpha value is -1.48. The van der Waals surface area contributed by atoms with Crippen LogP contribution in [0.4, 0.5) is 8.78 Å². The Morgan fingerprint density at radius 2 is 1.78 bits per heavy atom. The third kappa shape index (κ3) is 2.51. The number of alkyl halides is 1. The number of rotatable bonds is 3. The van der Waals surface area contributed by atoms with Crippen LogP contribution in [0.5, 0.6) is 0 Å². The lowest BCUT2D eigenvalue weighted by Crippen LogP contribution is -2.06. The second-order valence-corrected chi connectivity index (χ2v) is 4.58. The summed E-state index contributed by atoms with van der Waals surface area (Å²) in [6.45, 7) is 1.87. The van der Waals surface area contributed by atoms with E-state index in [-0.39, 0.29) is 11.5 Å². The number of aromatic nitrogens is 1. The van der Waals surface area contributed by atoms with Gasteiger partial charge in [-0.05, 0) is 23.8 Å².